The van der Waals surface area contributed by atoms with Crippen LogP contribution in [0.3, 0.4) is 0 Å². The molecule has 0 bridgehead atoms. The summed E-state index contributed by atoms with van der Waals surface area (Å²) in [6.07, 6.45) is -0.503. The van der Waals surface area contributed by atoms with Gasteiger partial charge in [0.05, 0.1) is 25.4 Å². The summed E-state index contributed by atoms with van der Waals surface area (Å²) >= 11 is 0. The largest absolute Gasteiger partial charge is 0.389 e. The van der Waals surface area contributed by atoms with Gasteiger partial charge in [-0.05, 0) is 19.4 Å². The summed E-state index contributed by atoms with van der Waals surface area (Å²) in [6.45, 7) is 5.38. The molecule has 19 heavy (non-hydrogen) atoms. The van der Waals surface area contributed by atoms with Gasteiger partial charge >= 0.3 is 0 Å². The van der Waals surface area contributed by atoms with E-state index in [9.17, 15) is 5.11 Å². The molecule has 3 atom stereocenters. The van der Waals surface area contributed by atoms with Gasteiger partial charge in [0.15, 0.2) is 0 Å². The molecule has 0 spiro atoms. The molecule has 0 fully saturated rings. The van der Waals surface area contributed by atoms with Gasteiger partial charge < -0.3 is 19.9 Å². The van der Waals surface area contributed by atoms with E-state index in [0.29, 0.717) is 19.8 Å². The lowest BCUT2D eigenvalue weighted by Crippen LogP contribution is -2.33. The number of benzene rings is 1. The third kappa shape index (κ3) is 6.68. The number of methoxy groups -OCH3 is 1. The standard InChI is InChI=1S/C15H25NO3/c1-12(10-18-3)19-11-15(17)9-16-13(2)14-7-5-4-6-8-14/h4-8,12-13,15-17H,9-11H2,1-3H3/t12?,13-,15?/m1/s1. The lowest BCUT2D eigenvalue weighted by atomic mass is 10.1. The third-order valence-corrected chi connectivity index (χ3v) is 2.93. The highest BCUT2D eigenvalue weighted by Crippen LogP contribution is 2.10. The van der Waals surface area contributed by atoms with Gasteiger partial charge in [-0.25, -0.2) is 0 Å². The number of hydrogen-bond acceptors (Lipinski definition) is 4. The summed E-state index contributed by atoms with van der Waals surface area (Å²) in [4.78, 5) is 0. The summed E-state index contributed by atoms with van der Waals surface area (Å²) in [5.74, 6) is 0. The fraction of sp³-hybridized carbons (Fsp3) is 0.600. The molecular formula is C15H25NO3. The predicted octanol–water partition coefficient (Wildman–Crippen LogP) is 1.75. The molecule has 0 aliphatic rings. The Morgan fingerprint density at radius 1 is 1.16 bits per heavy atom. The van der Waals surface area contributed by atoms with Crippen LogP contribution in [0.25, 0.3) is 0 Å². The van der Waals surface area contributed by atoms with Crippen molar-refractivity contribution in [1.82, 2.24) is 5.32 Å². The highest BCUT2D eigenvalue weighted by Gasteiger charge is 2.10. The number of aliphatic hydroxyl groups excluding tert-OH is 1. The van der Waals surface area contributed by atoms with E-state index < -0.39 is 6.10 Å². The maximum absolute atomic E-state index is 9.83. The van der Waals surface area contributed by atoms with Gasteiger partial charge in [0, 0.05) is 19.7 Å². The molecule has 0 radical (unpaired) electrons. The lowest BCUT2D eigenvalue weighted by Gasteiger charge is -2.19. The maximum atomic E-state index is 9.83. The molecule has 0 amide bonds. The minimum absolute atomic E-state index is 0.00574. The Kier molecular flexibility index (Phi) is 7.67. The smallest absolute Gasteiger partial charge is 0.0898 e. The van der Waals surface area contributed by atoms with E-state index in [2.05, 4.69) is 24.4 Å². The summed E-state index contributed by atoms with van der Waals surface area (Å²) in [5, 5.41) is 13.1. The fourth-order valence-electron chi connectivity index (χ4n) is 1.79. The summed E-state index contributed by atoms with van der Waals surface area (Å²) in [6, 6.07) is 10.4. The highest BCUT2D eigenvalue weighted by atomic mass is 16.5. The summed E-state index contributed by atoms with van der Waals surface area (Å²) < 4.78 is 10.4. The molecule has 4 heteroatoms. The molecule has 0 aromatic heterocycles. The van der Waals surface area contributed by atoms with Crippen molar-refractivity contribution < 1.29 is 14.6 Å². The Morgan fingerprint density at radius 2 is 1.84 bits per heavy atom. The van der Waals surface area contributed by atoms with Crippen LogP contribution in [0.5, 0.6) is 0 Å². The zero-order valence-corrected chi connectivity index (χ0v) is 12.0. The van der Waals surface area contributed by atoms with Crippen LogP contribution in [0.4, 0.5) is 0 Å². The van der Waals surface area contributed by atoms with Gasteiger partial charge in [-0.3, -0.25) is 0 Å². The molecule has 1 aromatic carbocycles. The average Bonchev–Trinajstić information content (AvgIpc) is 2.44. The molecular weight excluding hydrogens is 242 g/mol. The highest BCUT2D eigenvalue weighted by molar-refractivity contribution is 5.17. The molecule has 0 saturated carbocycles. The van der Waals surface area contributed by atoms with Gasteiger partial charge in [-0.2, -0.15) is 0 Å². The number of aliphatic hydroxyl groups is 1. The van der Waals surface area contributed by atoms with Gasteiger partial charge in [0.25, 0.3) is 0 Å². The number of ether oxygens (including phenoxy) is 2. The zero-order chi connectivity index (χ0) is 14.1. The van der Waals surface area contributed by atoms with E-state index in [1.54, 1.807) is 7.11 Å². The van der Waals surface area contributed by atoms with Crippen LogP contribution >= 0.6 is 0 Å². The van der Waals surface area contributed by atoms with Crippen LogP contribution in [0.1, 0.15) is 25.5 Å². The second-order valence-corrected chi connectivity index (χ2v) is 4.79. The van der Waals surface area contributed by atoms with Crippen molar-refractivity contribution in [3.63, 3.8) is 0 Å². The van der Waals surface area contributed by atoms with Crippen molar-refractivity contribution in [1.29, 1.82) is 0 Å². The van der Waals surface area contributed by atoms with Crippen LogP contribution in [-0.4, -0.2) is 44.2 Å². The average molecular weight is 267 g/mol. The van der Waals surface area contributed by atoms with E-state index >= 15 is 0 Å². The van der Waals surface area contributed by atoms with E-state index in [1.807, 2.05) is 25.1 Å². The second-order valence-electron chi connectivity index (χ2n) is 4.79. The van der Waals surface area contributed by atoms with E-state index in [4.69, 9.17) is 9.47 Å². The molecule has 1 aromatic rings. The quantitative estimate of drug-likeness (QED) is 0.715. The second kappa shape index (κ2) is 9.04. The predicted molar refractivity (Wildman–Crippen MR) is 76.2 cm³/mol. The monoisotopic (exact) mass is 267 g/mol. The molecule has 0 heterocycles. The van der Waals surface area contributed by atoms with Crippen molar-refractivity contribution in [2.75, 3.05) is 26.9 Å². The Balaban J connectivity index is 2.21. The van der Waals surface area contributed by atoms with E-state index in [0.717, 1.165) is 0 Å². The molecule has 0 aliphatic heterocycles. The lowest BCUT2D eigenvalue weighted by molar-refractivity contribution is -0.0315. The molecule has 0 aliphatic carbocycles. The van der Waals surface area contributed by atoms with Gasteiger partial charge in [0.2, 0.25) is 0 Å². The van der Waals surface area contributed by atoms with Gasteiger partial charge in [0.1, 0.15) is 0 Å². The van der Waals surface area contributed by atoms with Crippen LogP contribution < -0.4 is 5.32 Å². The molecule has 1 rings (SSSR count). The number of rotatable bonds is 9. The van der Waals surface area contributed by atoms with Crippen LogP contribution in [0.15, 0.2) is 30.3 Å². The normalized spacial score (nSPS) is 16.0. The third-order valence-electron chi connectivity index (χ3n) is 2.93. The first-order chi connectivity index (χ1) is 9.13. The SMILES string of the molecule is COCC(C)OCC(O)CN[C@H](C)c1ccccc1. The Morgan fingerprint density at radius 3 is 2.47 bits per heavy atom. The van der Waals surface area contributed by atoms with Crippen molar-refractivity contribution >= 4 is 0 Å². The Hall–Kier alpha value is -0.940. The first kappa shape index (κ1) is 16.1. The van der Waals surface area contributed by atoms with Crippen molar-refractivity contribution in [2.45, 2.75) is 32.1 Å². The molecule has 0 saturated heterocycles. The minimum atomic E-state index is -0.509. The van der Waals surface area contributed by atoms with Crippen molar-refractivity contribution in [2.24, 2.45) is 0 Å². The number of hydrogen-bond donors (Lipinski definition) is 2. The minimum Gasteiger partial charge on any atom is -0.389 e. The maximum Gasteiger partial charge on any atom is 0.0898 e. The summed E-state index contributed by atoms with van der Waals surface area (Å²) in [7, 11) is 1.64. The van der Waals surface area contributed by atoms with Crippen LogP contribution in [0.2, 0.25) is 0 Å². The van der Waals surface area contributed by atoms with Gasteiger partial charge in [-0.1, -0.05) is 30.3 Å². The van der Waals surface area contributed by atoms with Crippen LogP contribution in [0, 0.1) is 0 Å². The van der Waals surface area contributed by atoms with Crippen molar-refractivity contribution in [3.8, 4) is 0 Å². The van der Waals surface area contributed by atoms with Crippen molar-refractivity contribution in [3.05, 3.63) is 35.9 Å². The van der Waals surface area contributed by atoms with E-state index in [1.165, 1.54) is 5.56 Å². The van der Waals surface area contributed by atoms with Gasteiger partial charge in [-0.15, -0.1) is 0 Å². The Bertz CT molecular complexity index is 331. The van der Waals surface area contributed by atoms with Crippen LogP contribution in [-0.2, 0) is 9.47 Å². The summed E-state index contributed by atoms with van der Waals surface area (Å²) in [5.41, 5.74) is 1.21. The first-order valence-corrected chi connectivity index (χ1v) is 6.70. The van der Waals surface area contributed by atoms with E-state index in [-0.39, 0.29) is 12.1 Å². The fourth-order valence-corrected chi connectivity index (χ4v) is 1.79. The first-order valence-electron chi connectivity index (χ1n) is 6.70. The number of nitrogens with one attached hydrogen (secondary N) is 1. The molecule has 108 valence electrons. The zero-order valence-electron chi connectivity index (χ0n) is 12.0. The molecule has 2 unspecified atom stereocenters. The molecule has 4 nitrogen and oxygen atoms in total. The Labute approximate surface area is 115 Å². The topological polar surface area (TPSA) is 50.7 Å². The molecule has 2 N–H and O–H groups in total.